The minimum absolute atomic E-state index is 0.0211. The number of fused-ring (bicyclic) bond motifs is 1. The van der Waals surface area contributed by atoms with Crippen LogP contribution in [0.4, 0.5) is 0 Å². The van der Waals surface area contributed by atoms with Gasteiger partial charge >= 0.3 is 0 Å². The first-order chi connectivity index (χ1) is 11.0. The molecule has 0 spiro atoms. The number of aromatic amines is 1. The zero-order valence-corrected chi connectivity index (χ0v) is 13.3. The SMILES string of the molecule is Cc1[nH]nc2c1[C@@H](c1ccccc1OC(C)C)C(C#N)=C(N)O2. The zero-order valence-electron chi connectivity index (χ0n) is 13.3. The molecule has 2 aromatic rings. The molecule has 0 radical (unpaired) electrons. The van der Waals surface area contributed by atoms with Crippen molar-refractivity contribution in [2.45, 2.75) is 32.8 Å². The number of nitrogens with one attached hydrogen (secondary N) is 1. The minimum Gasteiger partial charge on any atom is -0.491 e. The number of nitrogens with two attached hydrogens (primary N) is 1. The molecular weight excluding hydrogens is 292 g/mol. The molecule has 0 fully saturated rings. The van der Waals surface area contributed by atoms with E-state index in [4.69, 9.17) is 15.2 Å². The first-order valence-electron chi connectivity index (χ1n) is 7.41. The van der Waals surface area contributed by atoms with Crippen molar-refractivity contribution < 1.29 is 9.47 Å². The van der Waals surface area contributed by atoms with Gasteiger partial charge in [0.15, 0.2) is 0 Å². The van der Waals surface area contributed by atoms with Crippen LogP contribution < -0.4 is 15.2 Å². The van der Waals surface area contributed by atoms with Gasteiger partial charge in [0.2, 0.25) is 11.8 Å². The summed E-state index contributed by atoms with van der Waals surface area (Å²) in [6, 6.07) is 9.83. The van der Waals surface area contributed by atoms with Crippen molar-refractivity contribution in [3.63, 3.8) is 0 Å². The smallest absolute Gasteiger partial charge is 0.244 e. The molecule has 0 unspecified atom stereocenters. The quantitative estimate of drug-likeness (QED) is 0.908. The van der Waals surface area contributed by atoms with Crippen LogP contribution in [0.3, 0.4) is 0 Å². The highest BCUT2D eigenvalue weighted by atomic mass is 16.5. The third kappa shape index (κ3) is 2.50. The van der Waals surface area contributed by atoms with E-state index in [1.54, 1.807) is 0 Å². The number of hydrogen-bond acceptors (Lipinski definition) is 5. The lowest BCUT2D eigenvalue weighted by Crippen LogP contribution is -2.21. The van der Waals surface area contributed by atoms with Crippen LogP contribution >= 0.6 is 0 Å². The fourth-order valence-electron chi connectivity index (χ4n) is 2.79. The Balaban J connectivity index is 2.22. The van der Waals surface area contributed by atoms with Crippen LogP contribution in [0.25, 0.3) is 0 Å². The van der Waals surface area contributed by atoms with Crippen LogP contribution in [0.2, 0.25) is 0 Å². The molecule has 3 N–H and O–H groups in total. The van der Waals surface area contributed by atoms with Gasteiger partial charge in [0.05, 0.1) is 12.0 Å². The highest BCUT2D eigenvalue weighted by molar-refractivity contribution is 5.57. The van der Waals surface area contributed by atoms with Gasteiger partial charge in [-0.05, 0) is 26.8 Å². The Kier molecular flexibility index (Phi) is 3.70. The number of para-hydroxylation sites is 1. The van der Waals surface area contributed by atoms with E-state index in [0.717, 1.165) is 22.6 Å². The fraction of sp³-hybridized carbons (Fsp3) is 0.294. The largest absolute Gasteiger partial charge is 0.491 e. The highest BCUT2D eigenvalue weighted by Crippen LogP contribution is 2.45. The minimum atomic E-state index is -0.363. The first kappa shape index (κ1) is 15.0. The molecule has 2 heterocycles. The van der Waals surface area contributed by atoms with Crippen molar-refractivity contribution in [1.29, 1.82) is 5.26 Å². The Morgan fingerprint density at radius 1 is 1.39 bits per heavy atom. The van der Waals surface area contributed by atoms with Crippen molar-refractivity contribution in [3.8, 4) is 17.7 Å². The van der Waals surface area contributed by atoms with Gasteiger partial charge in [-0.1, -0.05) is 18.2 Å². The van der Waals surface area contributed by atoms with Crippen LogP contribution in [0.5, 0.6) is 11.6 Å². The van der Waals surface area contributed by atoms with Crippen molar-refractivity contribution in [3.05, 3.63) is 52.5 Å². The maximum Gasteiger partial charge on any atom is 0.244 e. The van der Waals surface area contributed by atoms with Gasteiger partial charge in [0.25, 0.3) is 0 Å². The lowest BCUT2D eigenvalue weighted by atomic mass is 9.83. The predicted octanol–water partition coefficient (Wildman–Crippen LogP) is 2.72. The number of nitrogens with zero attached hydrogens (tertiary/aromatic N) is 2. The number of ether oxygens (including phenoxy) is 2. The second kappa shape index (κ2) is 5.69. The number of aryl methyl sites for hydroxylation is 1. The van der Waals surface area contributed by atoms with Crippen LogP contribution in [-0.2, 0) is 0 Å². The van der Waals surface area contributed by atoms with E-state index >= 15 is 0 Å². The van der Waals surface area contributed by atoms with Gasteiger partial charge in [-0.15, -0.1) is 5.10 Å². The van der Waals surface area contributed by atoms with E-state index in [0.29, 0.717) is 11.5 Å². The summed E-state index contributed by atoms with van der Waals surface area (Å²) >= 11 is 0. The second-order valence-electron chi connectivity index (χ2n) is 5.70. The zero-order chi connectivity index (χ0) is 16.6. The summed E-state index contributed by atoms with van der Waals surface area (Å²) in [7, 11) is 0. The Bertz CT molecular complexity index is 814. The molecule has 1 aromatic carbocycles. The Hall–Kier alpha value is -2.94. The average molecular weight is 310 g/mol. The molecule has 1 atom stereocenters. The number of rotatable bonds is 3. The number of benzene rings is 1. The van der Waals surface area contributed by atoms with Crippen molar-refractivity contribution in [2.75, 3.05) is 0 Å². The number of hydrogen-bond donors (Lipinski definition) is 2. The van der Waals surface area contributed by atoms with Crippen molar-refractivity contribution in [1.82, 2.24) is 10.2 Å². The maximum atomic E-state index is 9.58. The van der Waals surface area contributed by atoms with Crippen LogP contribution in [0.15, 0.2) is 35.7 Å². The molecule has 0 amide bonds. The van der Waals surface area contributed by atoms with E-state index in [1.807, 2.05) is 45.0 Å². The Morgan fingerprint density at radius 3 is 2.83 bits per heavy atom. The van der Waals surface area contributed by atoms with Gasteiger partial charge < -0.3 is 15.2 Å². The summed E-state index contributed by atoms with van der Waals surface area (Å²) in [5.74, 6) is 0.846. The molecule has 1 aliphatic heterocycles. The molecular formula is C17H18N4O2. The molecule has 6 heteroatoms. The summed E-state index contributed by atoms with van der Waals surface area (Å²) in [5, 5.41) is 16.6. The molecule has 1 aliphatic rings. The number of H-pyrrole nitrogens is 1. The summed E-state index contributed by atoms with van der Waals surface area (Å²) in [5.41, 5.74) is 8.82. The summed E-state index contributed by atoms with van der Waals surface area (Å²) in [6.45, 7) is 5.82. The van der Waals surface area contributed by atoms with E-state index < -0.39 is 0 Å². The van der Waals surface area contributed by atoms with Crippen molar-refractivity contribution in [2.24, 2.45) is 5.73 Å². The first-order valence-corrected chi connectivity index (χ1v) is 7.41. The average Bonchev–Trinajstić information content (AvgIpc) is 2.87. The summed E-state index contributed by atoms with van der Waals surface area (Å²) < 4.78 is 11.4. The van der Waals surface area contributed by atoms with Gasteiger partial charge in [-0.3, -0.25) is 5.10 Å². The van der Waals surface area contributed by atoms with Crippen molar-refractivity contribution >= 4 is 0 Å². The molecule has 1 aromatic heterocycles. The molecule has 118 valence electrons. The molecule has 0 saturated carbocycles. The monoisotopic (exact) mass is 310 g/mol. The van der Waals surface area contributed by atoms with Gasteiger partial charge in [0.1, 0.15) is 17.4 Å². The Morgan fingerprint density at radius 2 is 2.13 bits per heavy atom. The predicted molar refractivity (Wildman–Crippen MR) is 84.8 cm³/mol. The summed E-state index contributed by atoms with van der Waals surface area (Å²) in [4.78, 5) is 0. The molecule has 3 rings (SSSR count). The van der Waals surface area contributed by atoms with Crippen LogP contribution in [0, 0.1) is 18.3 Å². The molecule has 23 heavy (non-hydrogen) atoms. The third-order valence-corrected chi connectivity index (χ3v) is 3.72. The van der Waals surface area contributed by atoms with E-state index in [1.165, 1.54) is 0 Å². The standard InChI is InChI=1S/C17H18N4O2/c1-9(2)22-13-7-5-4-6-11(13)15-12(8-18)16(19)23-17-14(15)10(3)20-21-17/h4-7,9,15H,19H2,1-3H3,(H,20,21)/t15-/m0/s1. The van der Waals surface area contributed by atoms with E-state index in [9.17, 15) is 5.26 Å². The van der Waals surface area contributed by atoms with Crippen LogP contribution in [-0.4, -0.2) is 16.3 Å². The second-order valence-corrected chi connectivity index (χ2v) is 5.70. The van der Waals surface area contributed by atoms with Crippen LogP contribution in [0.1, 0.15) is 36.6 Å². The normalized spacial score (nSPS) is 16.7. The topological polar surface area (TPSA) is 97.0 Å². The fourth-order valence-corrected chi connectivity index (χ4v) is 2.79. The lowest BCUT2D eigenvalue weighted by Gasteiger charge is -2.25. The van der Waals surface area contributed by atoms with Gasteiger partial charge in [-0.2, -0.15) is 5.26 Å². The Labute approximate surface area is 134 Å². The number of allylic oxidation sites excluding steroid dienone is 1. The lowest BCUT2D eigenvalue weighted by molar-refractivity contribution is 0.239. The number of aromatic nitrogens is 2. The van der Waals surface area contributed by atoms with E-state index in [2.05, 4.69) is 16.3 Å². The highest BCUT2D eigenvalue weighted by Gasteiger charge is 2.35. The molecule has 0 bridgehead atoms. The summed E-state index contributed by atoms with van der Waals surface area (Å²) in [6.07, 6.45) is 0.0211. The number of nitriles is 1. The van der Waals surface area contributed by atoms with Gasteiger partial charge in [0, 0.05) is 16.8 Å². The third-order valence-electron chi connectivity index (χ3n) is 3.72. The molecule has 0 aliphatic carbocycles. The molecule has 6 nitrogen and oxygen atoms in total. The van der Waals surface area contributed by atoms with E-state index in [-0.39, 0.29) is 17.9 Å². The molecule has 0 saturated heterocycles. The van der Waals surface area contributed by atoms with Gasteiger partial charge in [-0.25, -0.2) is 0 Å². The maximum absolute atomic E-state index is 9.58.